The van der Waals surface area contributed by atoms with Crippen LogP contribution < -0.4 is 11.1 Å². The second kappa shape index (κ2) is 12.6. The van der Waals surface area contributed by atoms with Gasteiger partial charge in [-0.3, -0.25) is 28.8 Å². The Morgan fingerprint density at radius 1 is 1.22 bits per heavy atom. The van der Waals surface area contributed by atoms with Gasteiger partial charge in [0.25, 0.3) is 5.91 Å². The molecular weight excluding hydrogens is 426 g/mol. The average Bonchev–Trinajstić information content (AvgIpc) is 3.24. The van der Waals surface area contributed by atoms with Gasteiger partial charge < -0.3 is 35.2 Å². The first-order valence-corrected chi connectivity index (χ1v) is 9.99. The van der Waals surface area contributed by atoms with Crippen LogP contribution in [-0.4, -0.2) is 116 Å². The minimum Gasteiger partial charge on any atom is -0.462 e. The Bertz CT molecular complexity index is 731. The average molecular weight is 457 g/mol. The molecule has 3 N–H and O–H groups in total. The second-order valence-electron chi connectivity index (χ2n) is 7.49. The molecule has 13 nitrogen and oxygen atoms in total. The van der Waals surface area contributed by atoms with Crippen LogP contribution in [0, 0.1) is 0 Å². The van der Waals surface area contributed by atoms with Gasteiger partial charge in [-0.25, -0.2) is 0 Å². The highest BCUT2D eigenvalue weighted by Crippen LogP contribution is 2.20. The van der Waals surface area contributed by atoms with E-state index in [4.69, 9.17) is 15.2 Å². The van der Waals surface area contributed by atoms with E-state index in [2.05, 4.69) is 5.32 Å². The standard InChI is InChI=1S/C19H31N5O8/c1-12(31-4)18(29)24-7-5-6-14(24)19(30)23(3)8-15(26)21-13(17(20)28)10-32-16(27)9-22(2)11-25/h11-14H,5-10H2,1-4H3,(H2,20,28)(H,21,26). The van der Waals surface area contributed by atoms with E-state index in [0.717, 1.165) is 9.80 Å². The third kappa shape index (κ3) is 7.80. The smallest absolute Gasteiger partial charge is 0.325 e. The zero-order chi connectivity index (χ0) is 24.4. The van der Waals surface area contributed by atoms with Crippen molar-refractivity contribution >= 4 is 36.0 Å². The van der Waals surface area contributed by atoms with Crippen LogP contribution in [0.15, 0.2) is 0 Å². The molecule has 0 bridgehead atoms. The largest absolute Gasteiger partial charge is 0.462 e. The third-order valence-corrected chi connectivity index (χ3v) is 4.93. The maximum Gasteiger partial charge on any atom is 0.325 e. The summed E-state index contributed by atoms with van der Waals surface area (Å²) in [7, 11) is 4.17. The summed E-state index contributed by atoms with van der Waals surface area (Å²) in [5, 5.41) is 2.31. The predicted molar refractivity (Wildman–Crippen MR) is 110 cm³/mol. The van der Waals surface area contributed by atoms with Crippen molar-refractivity contribution in [3.05, 3.63) is 0 Å². The number of rotatable bonds is 12. The van der Waals surface area contributed by atoms with Gasteiger partial charge in [-0.1, -0.05) is 0 Å². The van der Waals surface area contributed by atoms with Gasteiger partial charge in [0.2, 0.25) is 24.1 Å². The lowest BCUT2D eigenvalue weighted by atomic mass is 10.2. The van der Waals surface area contributed by atoms with Crippen LogP contribution in [0.4, 0.5) is 0 Å². The Kier molecular flexibility index (Phi) is 10.5. The fourth-order valence-corrected chi connectivity index (χ4v) is 3.07. The van der Waals surface area contributed by atoms with Crippen molar-refractivity contribution in [2.24, 2.45) is 5.73 Å². The number of nitrogens with two attached hydrogens (primary N) is 1. The number of carbonyl (C=O) groups excluding carboxylic acids is 6. The Labute approximate surface area is 186 Å². The lowest BCUT2D eigenvalue weighted by Gasteiger charge is -2.29. The lowest BCUT2D eigenvalue weighted by Crippen LogP contribution is -2.53. The number of nitrogens with zero attached hydrogens (tertiary/aromatic N) is 3. The number of amides is 5. The van der Waals surface area contributed by atoms with E-state index in [1.807, 2.05) is 0 Å². The summed E-state index contributed by atoms with van der Waals surface area (Å²) in [6.45, 7) is 0.746. The van der Waals surface area contributed by atoms with Crippen LogP contribution in [0.25, 0.3) is 0 Å². The van der Waals surface area contributed by atoms with Crippen molar-refractivity contribution in [3.63, 3.8) is 0 Å². The van der Waals surface area contributed by atoms with Crippen LogP contribution in [0.5, 0.6) is 0 Å². The molecule has 3 atom stereocenters. The van der Waals surface area contributed by atoms with Gasteiger partial charge >= 0.3 is 5.97 Å². The second-order valence-corrected chi connectivity index (χ2v) is 7.49. The zero-order valence-corrected chi connectivity index (χ0v) is 18.7. The quantitative estimate of drug-likeness (QED) is 0.232. The highest BCUT2D eigenvalue weighted by molar-refractivity contribution is 5.93. The first kappa shape index (κ1) is 26.8. The minimum atomic E-state index is -1.32. The SMILES string of the molecule is COC(C)C(=O)N1CCCC1C(=O)N(C)CC(=O)NC(COC(=O)CN(C)C=O)C(N)=O. The van der Waals surface area contributed by atoms with Gasteiger partial charge in [0.05, 0.1) is 6.54 Å². The molecule has 13 heteroatoms. The summed E-state index contributed by atoms with van der Waals surface area (Å²) in [4.78, 5) is 74.8. The summed E-state index contributed by atoms with van der Waals surface area (Å²) in [6.07, 6.45) is 0.841. The maximum absolute atomic E-state index is 12.8. The summed E-state index contributed by atoms with van der Waals surface area (Å²) < 4.78 is 9.89. The van der Waals surface area contributed by atoms with Crippen molar-refractivity contribution in [3.8, 4) is 0 Å². The van der Waals surface area contributed by atoms with Crippen molar-refractivity contribution in [1.82, 2.24) is 20.0 Å². The number of likely N-dealkylation sites (N-methyl/N-ethyl adjacent to an activating group) is 2. The topological polar surface area (TPSA) is 169 Å². The van der Waals surface area contributed by atoms with E-state index in [1.54, 1.807) is 6.92 Å². The molecule has 1 fully saturated rings. The predicted octanol–water partition coefficient (Wildman–Crippen LogP) is -2.93. The van der Waals surface area contributed by atoms with E-state index in [9.17, 15) is 28.8 Å². The number of nitrogens with one attached hydrogen (secondary N) is 1. The Morgan fingerprint density at radius 2 is 1.88 bits per heavy atom. The number of ether oxygens (including phenoxy) is 2. The number of likely N-dealkylation sites (tertiary alicyclic amines) is 1. The molecule has 3 unspecified atom stereocenters. The summed E-state index contributed by atoms with van der Waals surface area (Å²) in [5.74, 6) is -3.16. The van der Waals surface area contributed by atoms with E-state index in [1.165, 1.54) is 26.1 Å². The summed E-state index contributed by atoms with van der Waals surface area (Å²) >= 11 is 0. The molecule has 0 radical (unpaired) electrons. The molecule has 0 aromatic carbocycles. The minimum absolute atomic E-state index is 0.308. The Morgan fingerprint density at radius 3 is 2.44 bits per heavy atom. The molecule has 0 aliphatic carbocycles. The molecule has 0 aromatic heterocycles. The van der Waals surface area contributed by atoms with Crippen LogP contribution in [0.2, 0.25) is 0 Å². The normalized spacial score (nSPS) is 17.1. The summed E-state index contributed by atoms with van der Waals surface area (Å²) in [5.41, 5.74) is 5.23. The molecule has 1 heterocycles. The summed E-state index contributed by atoms with van der Waals surface area (Å²) in [6, 6.07) is -2.02. The molecule has 0 spiro atoms. The molecule has 1 rings (SSSR count). The molecule has 1 aliphatic rings. The highest BCUT2D eigenvalue weighted by Gasteiger charge is 2.37. The van der Waals surface area contributed by atoms with Gasteiger partial charge in [0.1, 0.15) is 31.3 Å². The fourth-order valence-electron chi connectivity index (χ4n) is 3.07. The van der Waals surface area contributed by atoms with E-state index >= 15 is 0 Å². The number of hydrogen-bond donors (Lipinski definition) is 2. The highest BCUT2D eigenvalue weighted by atomic mass is 16.5. The molecule has 5 amide bonds. The molecule has 1 aliphatic heterocycles. The van der Waals surface area contributed by atoms with Gasteiger partial charge in [0.15, 0.2) is 0 Å². The van der Waals surface area contributed by atoms with Crippen molar-refractivity contribution in [2.45, 2.75) is 38.0 Å². The molecule has 0 aromatic rings. The number of hydrogen-bond acceptors (Lipinski definition) is 8. The van der Waals surface area contributed by atoms with E-state index in [0.29, 0.717) is 25.8 Å². The van der Waals surface area contributed by atoms with E-state index in [-0.39, 0.29) is 12.5 Å². The molecule has 32 heavy (non-hydrogen) atoms. The van der Waals surface area contributed by atoms with Gasteiger partial charge in [-0.05, 0) is 19.8 Å². The van der Waals surface area contributed by atoms with Crippen molar-refractivity contribution < 1.29 is 38.2 Å². The molecule has 0 saturated carbocycles. The first-order valence-electron chi connectivity index (χ1n) is 9.99. The first-order chi connectivity index (χ1) is 15.0. The van der Waals surface area contributed by atoms with Gasteiger partial charge in [-0.15, -0.1) is 0 Å². The lowest BCUT2D eigenvalue weighted by molar-refractivity contribution is -0.150. The number of primary amides is 1. The van der Waals surface area contributed by atoms with Gasteiger partial charge in [0, 0.05) is 27.7 Å². The zero-order valence-electron chi connectivity index (χ0n) is 18.7. The van der Waals surface area contributed by atoms with Crippen molar-refractivity contribution in [1.29, 1.82) is 0 Å². The third-order valence-electron chi connectivity index (χ3n) is 4.93. The van der Waals surface area contributed by atoms with Gasteiger partial charge in [-0.2, -0.15) is 0 Å². The van der Waals surface area contributed by atoms with Crippen LogP contribution in [0.1, 0.15) is 19.8 Å². The molecule has 180 valence electrons. The number of esters is 1. The fraction of sp³-hybridized carbons (Fsp3) is 0.684. The number of carbonyl (C=O) groups is 6. The Hall–Kier alpha value is -3.22. The van der Waals surface area contributed by atoms with Crippen LogP contribution >= 0.6 is 0 Å². The van der Waals surface area contributed by atoms with E-state index < -0.39 is 55.0 Å². The molecular formula is C19H31N5O8. The van der Waals surface area contributed by atoms with Crippen LogP contribution in [0.3, 0.4) is 0 Å². The van der Waals surface area contributed by atoms with Crippen LogP contribution in [-0.2, 0) is 38.2 Å². The Balaban J connectivity index is 2.64. The number of methoxy groups -OCH3 is 1. The maximum atomic E-state index is 12.8. The molecule has 1 saturated heterocycles. The van der Waals surface area contributed by atoms with Crippen molar-refractivity contribution in [2.75, 3.05) is 47.4 Å². The monoisotopic (exact) mass is 457 g/mol.